The van der Waals surface area contributed by atoms with E-state index in [0.29, 0.717) is 0 Å². The number of carbonyl (C=O) groups is 1. The second-order valence-electron chi connectivity index (χ2n) is 4.69. The van der Waals surface area contributed by atoms with Crippen LogP contribution in [-0.2, 0) is 0 Å². The van der Waals surface area contributed by atoms with E-state index < -0.39 is 0 Å². The third-order valence-corrected chi connectivity index (χ3v) is 3.24. The van der Waals surface area contributed by atoms with Gasteiger partial charge >= 0.3 is 0 Å². The number of aromatic nitrogens is 3. The molecule has 0 bridgehead atoms. The summed E-state index contributed by atoms with van der Waals surface area (Å²) >= 11 is 0. The molecule has 0 spiro atoms. The Hall–Kier alpha value is -3.08. The summed E-state index contributed by atoms with van der Waals surface area (Å²) in [6.45, 7) is 0. The molecule has 0 saturated heterocycles. The van der Waals surface area contributed by atoms with E-state index >= 15 is 0 Å². The monoisotopic (exact) mass is 290 g/mol. The number of benzene rings is 1. The fourth-order valence-corrected chi connectivity index (χ4v) is 2.18. The zero-order valence-corrected chi connectivity index (χ0v) is 11.8. The summed E-state index contributed by atoms with van der Waals surface area (Å²) < 4.78 is 0. The highest BCUT2D eigenvalue weighted by Crippen LogP contribution is 2.21. The molecule has 0 radical (unpaired) electrons. The first-order chi connectivity index (χ1) is 10.8. The number of amides is 1. The molecule has 1 N–H and O–H groups in total. The highest BCUT2D eigenvalue weighted by Gasteiger charge is 2.18. The van der Waals surface area contributed by atoms with E-state index in [9.17, 15) is 4.79 Å². The third kappa shape index (κ3) is 3.15. The van der Waals surface area contributed by atoms with E-state index in [1.165, 1.54) is 18.6 Å². The van der Waals surface area contributed by atoms with E-state index in [-0.39, 0.29) is 17.6 Å². The van der Waals surface area contributed by atoms with Crippen LogP contribution in [0.3, 0.4) is 0 Å². The third-order valence-electron chi connectivity index (χ3n) is 3.24. The lowest BCUT2D eigenvalue weighted by atomic mass is 9.99. The molecular formula is C17H14N4O. The van der Waals surface area contributed by atoms with Crippen LogP contribution in [-0.4, -0.2) is 20.9 Å². The van der Waals surface area contributed by atoms with Gasteiger partial charge in [0.15, 0.2) is 0 Å². The van der Waals surface area contributed by atoms with Gasteiger partial charge in [-0.2, -0.15) is 0 Å². The molecule has 2 heterocycles. The summed E-state index contributed by atoms with van der Waals surface area (Å²) in [5.41, 5.74) is 2.24. The topological polar surface area (TPSA) is 67.8 Å². The number of rotatable bonds is 4. The Morgan fingerprint density at radius 1 is 0.864 bits per heavy atom. The van der Waals surface area contributed by atoms with Gasteiger partial charge in [-0.3, -0.25) is 14.8 Å². The Morgan fingerprint density at radius 3 is 2.27 bits per heavy atom. The molecule has 0 aliphatic heterocycles. The van der Waals surface area contributed by atoms with Gasteiger partial charge in [-0.25, -0.2) is 4.98 Å². The zero-order chi connectivity index (χ0) is 15.2. The number of hydrogen-bond acceptors (Lipinski definition) is 4. The van der Waals surface area contributed by atoms with Crippen molar-refractivity contribution in [3.05, 3.63) is 90.3 Å². The predicted molar refractivity (Wildman–Crippen MR) is 82.0 cm³/mol. The molecule has 5 heteroatoms. The number of nitrogens with one attached hydrogen (secondary N) is 1. The van der Waals surface area contributed by atoms with Crippen LogP contribution < -0.4 is 5.32 Å². The lowest BCUT2D eigenvalue weighted by Gasteiger charge is -2.19. The highest BCUT2D eigenvalue weighted by atomic mass is 16.1. The minimum atomic E-state index is -0.265. The van der Waals surface area contributed by atoms with E-state index in [1.54, 1.807) is 12.4 Å². The summed E-state index contributed by atoms with van der Waals surface area (Å²) in [5, 5.41) is 3.00. The molecule has 22 heavy (non-hydrogen) atoms. The lowest BCUT2D eigenvalue weighted by Crippen LogP contribution is -2.30. The summed E-state index contributed by atoms with van der Waals surface area (Å²) in [7, 11) is 0. The number of pyridine rings is 1. The molecule has 2 aromatic heterocycles. The van der Waals surface area contributed by atoms with E-state index in [2.05, 4.69) is 20.3 Å². The number of nitrogens with zero attached hydrogens (tertiary/aromatic N) is 3. The Morgan fingerprint density at radius 2 is 1.59 bits per heavy atom. The van der Waals surface area contributed by atoms with Crippen LogP contribution in [0.4, 0.5) is 0 Å². The van der Waals surface area contributed by atoms with E-state index in [4.69, 9.17) is 0 Å². The van der Waals surface area contributed by atoms with Gasteiger partial charge in [0.25, 0.3) is 5.91 Å². The maximum absolute atomic E-state index is 12.4. The van der Waals surface area contributed by atoms with Gasteiger partial charge in [0, 0.05) is 24.8 Å². The molecule has 0 fully saturated rings. The van der Waals surface area contributed by atoms with Gasteiger partial charge < -0.3 is 5.32 Å². The smallest absolute Gasteiger partial charge is 0.272 e. The molecule has 0 saturated carbocycles. The highest BCUT2D eigenvalue weighted by molar-refractivity contribution is 5.92. The van der Waals surface area contributed by atoms with Crippen LogP contribution in [0.25, 0.3) is 0 Å². The first-order valence-electron chi connectivity index (χ1n) is 6.86. The maximum Gasteiger partial charge on any atom is 0.272 e. The number of hydrogen-bond donors (Lipinski definition) is 1. The van der Waals surface area contributed by atoms with Crippen molar-refractivity contribution in [3.63, 3.8) is 0 Å². The van der Waals surface area contributed by atoms with Gasteiger partial charge in [0.05, 0.1) is 12.2 Å². The molecule has 3 aromatic rings. The molecule has 1 atom stereocenters. The van der Waals surface area contributed by atoms with Crippen LogP contribution in [0.15, 0.2) is 73.4 Å². The second-order valence-corrected chi connectivity index (χ2v) is 4.69. The van der Waals surface area contributed by atoms with E-state index in [0.717, 1.165) is 11.1 Å². The first-order valence-corrected chi connectivity index (χ1v) is 6.86. The molecule has 1 amide bonds. The quantitative estimate of drug-likeness (QED) is 0.801. The summed E-state index contributed by atoms with van der Waals surface area (Å²) in [6, 6.07) is 13.3. The second kappa shape index (κ2) is 6.58. The van der Waals surface area contributed by atoms with Crippen molar-refractivity contribution in [2.24, 2.45) is 0 Å². The maximum atomic E-state index is 12.4. The van der Waals surface area contributed by atoms with Crippen molar-refractivity contribution >= 4 is 5.91 Å². The van der Waals surface area contributed by atoms with Gasteiger partial charge in [-0.15, -0.1) is 0 Å². The van der Waals surface area contributed by atoms with Crippen LogP contribution in [0.5, 0.6) is 0 Å². The molecule has 0 aliphatic carbocycles. The van der Waals surface area contributed by atoms with Crippen molar-refractivity contribution in [3.8, 4) is 0 Å². The normalized spacial score (nSPS) is 11.6. The molecule has 5 nitrogen and oxygen atoms in total. The summed E-state index contributed by atoms with van der Waals surface area (Å²) in [4.78, 5) is 24.4. The molecular weight excluding hydrogens is 276 g/mol. The van der Waals surface area contributed by atoms with Crippen molar-refractivity contribution in [2.45, 2.75) is 6.04 Å². The molecule has 1 unspecified atom stereocenters. The zero-order valence-electron chi connectivity index (χ0n) is 11.8. The van der Waals surface area contributed by atoms with Gasteiger partial charge in [-0.05, 0) is 23.3 Å². The fourth-order valence-electron chi connectivity index (χ4n) is 2.18. The van der Waals surface area contributed by atoms with Crippen LogP contribution in [0.1, 0.15) is 27.7 Å². The van der Waals surface area contributed by atoms with Gasteiger partial charge in [0.2, 0.25) is 0 Å². The van der Waals surface area contributed by atoms with Crippen LogP contribution in [0.2, 0.25) is 0 Å². The average molecular weight is 290 g/mol. The average Bonchev–Trinajstić information content (AvgIpc) is 2.62. The minimum Gasteiger partial charge on any atom is -0.340 e. The van der Waals surface area contributed by atoms with Gasteiger partial charge in [0.1, 0.15) is 5.69 Å². The van der Waals surface area contributed by atoms with Gasteiger partial charge in [-0.1, -0.05) is 30.3 Å². The molecule has 108 valence electrons. The van der Waals surface area contributed by atoms with Crippen molar-refractivity contribution < 1.29 is 4.79 Å². The minimum absolute atomic E-state index is 0.265. The largest absolute Gasteiger partial charge is 0.340 e. The first kappa shape index (κ1) is 13.9. The molecule has 3 rings (SSSR count). The van der Waals surface area contributed by atoms with Crippen molar-refractivity contribution in [2.75, 3.05) is 0 Å². The Kier molecular flexibility index (Phi) is 4.15. The SMILES string of the molecule is O=C(NC(c1ccccc1)c1ccncc1)c1cnccn1. The summed E-state index contributed by atoms with van der Waals surface area (Å²) in [5.74, 6) is -0.265. The Balaban J connectivity index is 1.91. The number of carbonyl (C=O) groups excluding carboxylic acids is 1. The Labute approximate surface area is 128 Å². The standard InChI is InChI=1S/C17H14N4O/c22-17(15-12-19-10-11-20-15)21-16(13-4-2-1-3-5-13)14-6-8-18-9-7-14/h1-12,16H,(H,21,22). The van der Waals surface area contributed by atoms with Crippen molar-refractivity contribution in [1.29, 1.82) is 0 Å². The predicted octanol–water partition coefficient (Wildman–Crippen LogP) is 2.39. The molecule has 0 aliphatic rings. The summed E-state index contributed by atoms with van der Waals surface area (Å²) in [6.07, 6.45) is 7.90. The Bertz CT molecular complexity index is 693. The lowest BCUT2D eigenvalue weighted by molar-refractivity contribution is 0.0937. The van der Waals surface area contributed by atoms with E-state index in [1.807, 2.05) is 42.5 Å². The fraction of sp³-hybridized carbons (Fsp3) is 0.0588. The van der Waals surface area contributed by atoms with Crippen LogP contribution >= 0.6 is 0 Å². The molecule has 1 aromatic carbocycles. The van der Waals surface area contributed by atoms with Crippen LogP contribution in [0, 0.1) is 0 Å². The van der Waals surface area contributed by atoms with Crippen molar-refractivity contribution in [1.82, 2.24) is 20.3 Å².